The number of nitrogens with one attached hydrogen (secondary N) is 1. The summed E-state index contributed by atoms with van der Waals surface area (Å²) in [5.74, 6) is 0.740. The van der Waals surface area contributed by atoms with Crippen molar-refractivity contribution in [3.05, 3.63) is 23.8 Å². The van der Waals surface area contributed by atoms with Gasteiger partial charge in [-0.05, 0) is 42.4 Å². The molecule has 0 heterocycles. The van der Waals surface area contributed by atoms with E-state index in [1.807, 2.05) is 12.1 Å². The first kappa shape index (κ1) is 12.2. The molecule has 0 amide bonds. The fourth-order valence-corrected chi connectivity index (χ4v) is 2.14. The van der Waals surface area contributed by atoms with Gasteiger partial charge in [0, 0.05) is 13.1 Å². The Bertz CT molecular complexity index is 386. The molecule has 17 heavy (non-hydrogen) atoms. The smallest absolute Gasteiger partial charge is 0.160 e. The SMILES string of the molecule is CCC1(CNCc2ccc(O)c(OC)c2)CC1. The fraction of sp³-hybridized carbons (Fsp3) is 0.571. The zero-order valence-corrected chi connectivity index (χ0v) is 10.6. The Balaban J connectivity index is 1.86. The number of benzene rings is 1. The summed E-state index contributed by atoms with van der Waals surface area (Å²) in [4.78, 5) is 0. The van der Waals surface area contributed by atoms with Crippen molar-refractivity contribution in [3.8, 4) is 11.5 Å². The summed E-state index contributed by atoms with van der Waals surface area (Å²) < 4.78 is 5.09. The topological polar surface area (TPSA) is 41.5 Å². The molecule has 0 spiro atoms. The molecule has 0 aromatic heterocycles. The van der Waals surface area contributed by atoms with Crippen LogP contribution in [-0.4, -0.2) is 18.8 Å². The van der Waals surface area contributed by atoms with Crippen molar-refractivity contribution >= 4 is 0 Å². The molecule has 0 atom stereocenters. The van der Waals surface area contributed by atoms with Gasteiger partial charge >= 0.3 is 0 Å². The molecule has 0 saturated heterocycles. The zero-order chi connectivity index (χ0) is 12.3. The molecular formula is C14H21NO2. The molecule has 1 aromatic rings. The van der Waals surface area contributed by atoms with E-state index in [1.165, 1.54) is 19.3 Å². The van der Waals surface area contributed by atoms with Gasteiger partial charge in [-0.3, -0.25) is 0 Å². The Morgan fingerprint density at radius 3 is 2.76 bits per heavy atom. The number of phenolic OH excluding ortho intramolecular Hbond substituents is 1. The highest BCUT2D eigenvalue weighted by molar-refractivity contribution is 5.41. The molecule has 2 rings (SSSR count). The Labute approximate surface area is 103 Å². The molecule has 0 unspecified atom stereocenters. The van der Waals surface area contributed by atoms with Crippen LogP contribution in [0.5, 0.6) is 11.5 Å². The van der Waals surface area contributed by atoms with E-state index in [0.29, 0.717) is 11.2 Å². The van der Waals surface area contributed by atoms with Crippen LogP contribution in [0.3, 0.4) is 0 Å². The van der Waals surface area contributed by atoms with Crippen molar-refractivity contribution in [1.29, 1.82) is 0 Å². The molecule has 0 radical (unpaired) electrons. The Morgan fingerprint density at radius 1 is 1.41 bits per heavy atom. The highest BCUT2D eigenvalue weighted by Crippen LogP contribution is 2.47. The number of hydrogen-bond acceptors (Lipinski definition) is 3. The first-order valence-electron chi connectivity index (χ1n) is 6.26. The number of rotatable bonds is 6. The van der Waals surface area contributed by atoms with Gasteiger partial charge in [0.1, 0.15) is 0 Å². The summed E-state index contributed by atoms with van der Waals surface area (Å²) in [7, 11) is 1.57. The van der Waals surface area contributed by atoms with Gasteiger partial charge in [-0.25, -0.2) is 0 Å². The van der Waals surface area contributed by atoms with E-state index >= 15 is 0 Å². The molecule has 1 aromatic carbocycles. The van der Waals surface area contributed by atoms with Crippen LogP contribution >= 0.6 is 0 Å². The minimum absolute atomic E-state index is 0.198. The summed E-state index contributed by atoms with van der Waals surface area (Å²) in [5, 5.41) is 13.0. The average molecular weight is 235 g/mol. The summed E-state index contributed by atoms with van der Waals surface area (Å²) in [6.07, 6.45) is 3.98. The molecular weight excluding hydrogens is 214 g/mol. The number of ether oxygens (including phenoxy) is 1. The standard InChI is InChI=1S/C14H21NO2/c1-3-14(6-7-14)10-15-9-11-4-5-12(16)13(8-11)17-2/h4-5,8,15-16H,3,6-7,9-10H2,1-2H3. The van der Waals surface area contributed by atoms with Crippen LogP contribution in [0.2, 0.25) is 0 Å². The molecule has 1 aliphatic carbocycles. The van der Waals surface area contributed by atoms with E-state index < -0.39 is 0 Å². The lowest BCUT2D eigenvalue weighted by atomic mass is 10.0. The number of aromatic hydroxyl groups is 1. The summed E-state index contributed by atoms with van der Waals surface area (Å²) in [5.41, 5.74) is 1.72. The molecule has 3 nitrogen and oxygen atoms in total. The summed E-state index contributed by atoms with van der Waals surface area (Å²) in [6.45, 7) is 4.18. The van der Waals surface area contributed by atoms with E-state index in [2.05, 4.69) is 12.2 Å². The second-order valence-electron chi connectivity index (χ2n) is 4.96. The van der Waals surface area contributed by atoms with Gasteiger partial charge in [0.15, 0.2) is 11.5 Å². The van der Waals surface area contributed by atoms with Crippen LogP contribution < -0.4 is 10.1 Å². The molecule has 94 valence electrons. The molecule has 0 aliphatic heterocycles. The Kier molecular flexibility index (Phi) is 3.57. The molecule has 0 bridgehead atoms. The largest absolute Gasteiger partial charge is 0.504 e. The summed E-state index contributed by atoms with van der Waals surface area (Å²) in [6, 6.07) is 5.49. The zero-order valence-electron chi connectivity index (χ0n) is 10.6. The lowest BCUT2D eigenvalue weighted by molar-refractivity contribution is 0.372. The second-order valence-corrected chi connectivity index (χ2v) is 4.96. The minimum atomic E-state index is 0.198. The van der Waals surface area contributed by atoms with Crippen LogP contribution in [0.25, 0.3) is 0 Å². The van der Waals surface area contributed by atoms with Crippen molar-refractivity contribution in [3.63, 3.8) is 0 Å². The van der Waals surface area contributed by atoms with Crippen LogP contribution in [-0.2, 0) is 6.54 Å². The highest BCUT2D eigenvalue weighted by atomic mass is 16.5. The Morgan fingerprint density at radius 2 is 2.18 bits per heavy atom. The van der Waals surface area contributed by atoms with E-state index in [-0.39, 0.29) is 5.75 Å². The van der Waals surface area contributed by atoms with Gasteiger partial charge in [0.25, 0.3) is 0 Å². The van der Waals surface area contributed by atoms with E-state index in [1.54, 1.807) is 13.2 Å². The van der Waals surface area contributed by atoms with Gasteiger partial charge in [0.05, 0.1) is 7.11 Å². The van der Waals surface area contributed by atoms with Crippen molar-refractivity contribution in [2.45, 2.75) is 32.7 Å². The predicted molar refractivity (Wildman–Crippen MR) is 68.3 cm³/mol. The first-order valence-corrected chi connectivity index (χ1v) is 6.26. The third-order valence-electron chi connectivity index (χ3n) is 3.78. The van der Waals surface area contributed by atoms with Gasteiger partial charge in [-0.15, -0.1) is 0 Å². The Hall–Kier alpha value is -1.22. The maximum Gasteiger partial charge on any atom is 0.160 e. The van der Waals surface area contributed by atoms with E-state index in [9.17, 15) is 5.11 Å². The van der Waals surface area contributed by atoms with Crippen molar-refractivity contribution in [1.82, 2.24) is 5.32 Å². The van der Waals surface area contributed by atoms with Gasteiger partial charge in [-0.1, -0.05) is 13.0 Å². The van der Waals surface area contributed by atoms with Crippen LogP contribution in [0.1, 0.15) is 31.7 Å². The highest BCUT2D eigenvalue weighted by Gasteiger charge is 2.39. The third kappa shape index (κ3) is 2.91. The van der Waals surface area contributed by atoms with Crippen LogP contribution in [0, 0.1) is 5.41 Å². The molecule has 1 saturated carbocycles. The molecule has 3 heteroatoms. The normalized spacial score (nSPS) is 16.8. The summed E-state index contributed by atoms with van der Waals surface area (Å²) >= 11 is 0. The van der Waals surface area contributed by atoms with Gasteiger partial charge < -0.3 is 15.2 Å². The van der Waals surface area contributed by atoms with Gasteiger partial charge in [-0.2, -0.15) is 0 Å². The lowest BCUT2D eigenvalue weighted by Gasteiger charge is -2.14. The first-order chi connectivity index (χ1) is 8.19. The molecule has 2 N–H and O–H groups in total. The number of hydrogen-bond donors (Lipinski definition) is 2. The monoisotopic (exact) mass is 235 g/mol. The van der Waals surface area contributed by atoms with Crippen molar-refractivity contribution < 1.29 is 9.84 Å². The van der Waals surface area contributed by atoms with Crippen molar-refractivity contribution in [2.75, 3.05) is 13.7 Å². The van der Waals surface area contributed by atoms with E-state index in [4.69, 9.17) is 4.74 Å². The maximum absolute atomic E-state index is 9.49. The molecule has 1 fully saturated rings. The maximum atomic E-state index is 9.49. The van der Waals surface area contributed by atoms with E-state index in [0.717, 1.165) is 18.7 Å². The quantitative estimate of drug-likeness (QED) is 0.796. The fourth-order valence-electron chi connectivity index (χ4n) is 2.14. The second kappa shape index (κ2) is 4.96. The number of phenols is 1. The predicted octanol–water partition coefficient (Wildman–Crippen LogP) is 2.68. The van der Waals surface area contributed by atoms with Gasteiger partial charge in [0.2, 0.25) is 0 Å². The number of methoxy groups -OCH3 is 1. The lowest BCUT2D eigenvalue weighted by Crippen LogP contribution is -2.23. The molecule has 1 aliphatic rings. The van der Waals surface area contributed by atoms with Crippen LogP contribution in [0.15, 0.2) is 18.2 Å². The van der Waals surface area contributed by atoms with Crippen LogP contribution in [0.4, 0.5) is 0 Å². The average Bonchev–Trinajstić information content (AvgIpc) is 3.12. The minimum Gasteiger partial charge on any atom is -0.504 e. The third-order valence-corrected chi connectivity index (χ3v) is 3.78. The van der Waals surface area contributed by atoms with Crippen molar-refractivity contribution in [2.24, 2.45) is 5.41 Å².